The second-order valence-corrected chi connectivity index (χ2v) is 10.1. The predicted octanol–water partition coefficient (Wildman–Crippen LogP) is 5.70. The fourth-order valence-electron chi connectivity index (χ4n) is 4.14. The van der Waals surface area contributed by atoms with E-state index in [2.05, 4.69) is 33.5 Å². The van der Waals surface area contributed by atoms with E-state index in [-0.39, 0.29) is 5.91 Å². The van der Waals surface area contributed by atoms with Gasteiger partial charge in [-0.25, -0.2) is 4.79 Å². The van der Waals surface area contributed by atoms with Gasteiger partial charge in [-0.1, -0.05) is 22.9 Å². The average molecular weight is 513 g/mol. The van der Waals surface area contributed by atoms with Crippen LogP contribution >= 0.6 is 27.3 Å². The van der Waals surface area contributed by atoms with E-state index in [1.165, 1.54) is 22.8 Å². The molecule has 164 valence electrons. The van der Waals surface area contributed by atoms with Crippen LogP contribution in [0.3, 0.4) is 0 Å². The van der Waals surface area contributed by atoms with Gasteiger partial charge in [0, 0.05) is 21.0 Å². The van der Waals surface area contributed by atoms with Gasteiger partial charge >= 0.3 is 5.97 Å². The van der Waals surface area contributed by atoms with E-state index in [0.717, 1.165) is 34.3 Å². The Kier molecular flexibility index (Phi) is 5.65. The van der Waals surface area contributed by atoms with Crippen LogP contribution in [-0.2, 0) is 17.6 Å². The molecule has 2 aliphatic rings. The number of rotatable bonds is 4. The Morgan fingerprint density at radius 3 is 3.00 bits per heavy atom. The van der Waals surface area contributed by atoms with Gasteiger partial charge in [-0.05, 0) is 67.2 Å². The molecule has 8 heteroatoms. The molecular weight excluding hydrogens is 492 g/mol. The minimum atomic E-state index is -0.534. The van der Waals surface area contributed by atoms with Crippen LogP contribution in [0.25, 0.3) is 6.08 Å². The van der Waals surface area contributed by atoms with Gasteiger partial charge in [0.05, 0.1) is 11.8 Å². The second-order valence-electron chi connectivity index (χ2n) is 8.06. The van der Waals surface area contributed by atoms with Crippen LogP contribution in [0, 0.1) is 5.92 Å². The van der Waals surface area contributed by atoms with Crippen molar-refractivity contribution in [1.29, 1.82) is 0 Å². The molecule has 6 nitrogen and oxygen atoms in total. The van der Waals surface area contributed by atoms with E-state index in [0.29, 0.717) is 23.0 Å². The molecule has 1 amide bonds. The summed E-state index contributed by atoms with van der Waals surface area (Å²) in [5, 5.41) is 7.38. The van der Waals surface area contributed by atoms with Crippen molar-refractivity contribution < 1.29 is 18.7 Å². The molecule has 3 heterocycles. The van der Waals surface area contributed by atoms with E-state index in [4.69, 9.17) is 9.15 Å². The molecule has 2 N–H and O–H groups in total. The smallest absolute Gasteiger partial charge is 0.336 e. The highest BCUT2D eigenvalue weighted by Gasteiger charge is 2.34. The van der Waals surface area contributed by atoms with Crippen molar-refractivity contribution in [3.05, 3.63) is 74.5 Å². The molecule has 0 fully saturated rings. The first-order chi connectivity index (χ1) is 15.5. The maximum Gasteiger partial charge on any atom is 0.336 e. The fourth-order valence-corrected chi connectivity index (χ4v) is 5.95. The molecule has 0 radical (unpaired) electrons. The number of carbonyl (C=O) groups is 2. The van der Waals surface area contributed by atoms with Gasteiger partial charge in [-0.3, -0.25) is 4.79 Å². The number of esters is 1. The zero-order chi connectivity index (χ0) is 22.2. The summed E-state index contributed by atoms with van der Waals surface area (Å²) in [7, 11) is 0. The van der Waals surface area contributed by atoms with Crippen LogP contribution in [0.5, 0.6) is 5.75 Å². The molecule has 2 atom stereocenters. The zero-order valence-corrected chi connectivity index (χ0v) is 19.7. The van der Waals surface area contributed by atoms with Crippen LogP contribution in [-0.4, -0.2) is 11.9 Å². The molecule has 1 aliphatic heterocycles. The lowest BCUT2D eigenvalue weighted by Crippen LogP contribution is -2.38. The number of anilines is 1. The van der Waals surface area contributed by atoms with Crippen molar-refractivity contribution in [1.82, 2.24) is 5.32 Å². The highest BCUT2D eigenvalue weighted by Crippen LogP contribution is 2.43. The van der Waals surface area contributed by atoms with E-state index in [1.807, 2.05) is 6.07 Å². The molecule has 0 unspecified atom stereocenters. The lowest BCUT2D eigenvalue weighted by atomic mass is 9.88. The number of fused-ring (bicyclic) bond motifs is 3. The molecule has 0 saturated heterocycles. The average Bonchev–Trinajstić information content (AvgIpc) is 3.40. The van der Waals surface area contributed by atoms with Crippen molar-refractivity contribution in [3.8, 4) is 5.75 Å². The summed E-state index contributed by atoms with van der Waals surface area (Å²) in [6.45, 7) is 2.25. The van der Waals surface area contributed by atoms with Gasteiger partial charge in [-0.2, -0.15) is 0 Å². The number of amides is 1. The highest BCUT2D eigenvalue weighted by molar-refractivity contribution is 9.10. The molecule has 0 bridgehead atoms. The second kappa shape index (κ2) is 8.60. The summed E-state index contributed by atoms with van der Waals surface area (Å²) in [6.07, 6.45) is 6.92. The van der Waals surface area contributed by atoms with E-state index in [1.54, 1.807) is 41.7 Å². The number of thiophene rings is 1. The fraction of sp³-hybridized carbons (Fsp3) is 0.250. The summed E-state index contributed by atoms with van der Waals surface area (Å²) in [5.74, 6) is 0.937. The number of ether oxygens (including phenoxy) is 1. The van der Waals surface area contributed by atoms with Crippen molar-refractivity contribution >= 4 is 50.2 Å². The van der Waals surface area contributed by atoms with Crippen LogP contribution in [0.1, 0.15) is 51.6 Å². The number of halogens is 1. The summed E-state index contributed by atoms with van der Waals surface area (Å²) in [5.41, 5.74) is 2.61. The van der Waals surface area contributed by atoms with Crippen molar-refractivity contribution in [2.45, 2.75) is 32.4 Å². The summed E-state index contributed by atoms with van der Waals surface area (Å²) >= 11 is 5.14. The Morgan fingerprint density at radius 1 is 1.31 bits per heavy atom. The van der Waals surface area contributed by atoms with Crippen molar-refractivity contribution in [2.24, 2.45) is 5.92 Å². The Bertz CT molecular complexity index is 1220. The van der Waals surface area contributed by atoms with Crippen LogP contribution in [0.4, 0.5) is 5.00 Å². The molecule has 1 aromatic carbocycles. The standard InChI is InChI=1S/C24H21BrN2O4S/c1-13-4-7-16-19(11-13)32-24-21(16)23(29)26-22(27-24)17-12-14(25)5-8-18(17)31-20(28)9-6-15-3-2-10-30-15/h2-3,5-6,8-10,12-13,22,27H,4,7,11H2,1H3,(H,26,29)/b9-6+/t13-,22-/m1/s1. The van der Waals surface area contributed by atoms with Gasteiger partial charge < -0.3 is 19.8 Å². The van der Waals surface area contributed by atoms with E-state index >= 15 is 0 Å². The lowest BCUT2D eigenvalue weighted by molar-refractivity contribution is -0.128. The number of nitrogens with one attached hydrogen (secondary N) is 2. The molecule has 5 rings (SSSR count). The van der Waals surface area contributed by atoms with Crippen molar-refractivity contribution in [2.75, 3.05) is 5.32 Å². The number of benzene rings is 1. The molecule has 32 heavy (non-hydrogen) atoms. The molecule has 1 aliphatic carbocycles. The topological polar surface area (TPSA) is 80.6 Å². The Morgan fingerprint density at radius 2 is 2.19 bits per heavy atom. The summed E-state index contributed by atoms with van der Waals surface area (Å²) in [4.78, 5) is 26.7. The lowest BCUT2D eigenvalue weighted by Gasteiger charge is -2.28. The Balaban J connectivity index is 1.41. The SMILES string of the molecule is C[C@@H]1CCc2c(sc3c2C(=O)N[C@@H](c2cc(Br)ccc2OC(=O)/C=C/c2ccco2)N3)C1. The minimum absolute atomic E-state index is 0.0919. The number of hydrogen-bond acceptors (Lipinski definition) is 6. The first-order valence-electron chi connectivity index (χ1n) is 10.4. The Labute approximate surface area is 197 Å². The van der Waals surface area contributed by atoms with Crippen molar-refractivity contribution in [3.63, 3.8) is 0 Å². The molecule has 0 saturated carbocycles. The van der Waals surface area contributed by atoms with Gasteiger partial charge in [0.25, 0.3) is 5.91 Å². The Hall–Kier alpha value is -2.84. The monoisotopic (exact) mass is 512 g/mol. The maximum atomic E-state index is 13.1. The van der Waals surface area contributed by atoms with E-state index in [9.17, 15) is 9.59 Å². The first-order valence-corrected chi connectivity index (χ1v) is 12.0. The minimum Gasteiger partial charge on any atom is -0.465 e. The first kappa shape index (κ1) is 21.0. The van der Waals surface area contributed by atoms with Gasteiger partial charge in [0.2, 0.25) is 0 Å². The summed E-state index contributed by atoms with van der Waals surface area (Å²) in [6, 6.07) is 8.84. The molecule has 3 aromatic rings. The third-order valence-corrected chi connectivity index (χ3v) is 7.39. The number of furan rings is 1. The predicted molar refractivity (Wildman–Crippen MR) is 127 cm³/mol. The van der Waals surface area contributed by atoms with Gasteiger partial charge in [0.1, 0.15) is 22.7 Å². The van der Waals surface area contributed by atoms with Gasteiger partial charge in [-0.15, -0.1) is 11.3 Å². The van der Waals surface area contributed by atoms with Crippen LogP contribution < -0.4 is 15.4 Å². The van der Waals surface area contributed by atoms with Crippen LogP contribution in [0.2, 0.25) is 0 Å². The number of hydrogen-bond donors (Lipinski definition) is 2. The normalized spacial score (nSPS) is 19.8. The third-order valence-electron chi connectivity index (χ3n) is 5.71. The quantitative estimate of drug-likeness (QED) is 0.266. The van der Waals surface area contributed by atoms with Crippen LogP contribution in [0.15, 0.2) is 51.6 Å². The molecular formula is C24H21BrN2O4S. The van der Waals surface area contributed by atoms with Gasteiger partial charge in [0.15, 0.2) is 0 Å². The highest BCUT2D eigenvalue weighted by atomic mass is 79.9. The third kappa shape index (κ3) is 4.12. The summed E-state index contributed by atoms with van der Waals surface area (Å²) < 4.78 is 11.6. The largest absolute Gasteiger partial charge is 0.465 e. The maximum absolute atomic E-state index is 13.1. The number of carbonyl (C=O) groups excluding carboxylic acids is 2. The van der Waals surface area contributed by atoms with E-state index < -0.39 is 12.1 Å². The molecule has 2 aromatic heterocycles. The molecule has 0 spiro atoms. The zero-order valence-electron chi connectivity index (χ0n) is 17.3.